The van der Waals surface area contributed by atoms with Crippen LogP contribution in [0.3, 0.4) is 0 Å². The maximum atomic E-state index is 12.5. The molecular weight excluding hydrogens is 440 g/mol. The SMILES string of the molecule is C=C[C@@H]1OC(c2ccccc2)C(CC(=O)OC)[C@@H](OCc2ccccc2)[C@@H]1OCc1ccccc1. The fraction of sp³-hybridized carbons (Fsp3) is 0.300. The van der Waals surface area contributed by atoms with Crippen molar-refractivity contribution < 1.29 is 23.7 Å². The Balaban J connectivity index is 1.67. The van der Waals surface area contributed by atoms with E-state index in [9.17, 15) is 4.79 Å². The number of carbonyl (C=O) groups is 1. The van der Waals surface area contributed by atoms with Gasteiger partial charge in [-0.2, -0.15) is 0 Å². The zero-order valence-corrected chi connectivity index (χ0v) is 20.0. The van der Waals surface area contributed by atoms with Crippen LogP contribution in [0.1, 0.15) is 29.2 Å². The Hall–Kier alpha value is -3.25. The molecule has 1 saturated heterocycles. The van der Waals surface area contributed by atoms with E-state index in [-0.39, 0.29) is 24.4 Å². The standard InChI is InChI=1S/C30H32O5/c1-3-26-30(34-21-23-15-9-5-10-16-23)29(33-20-22-13-7-4-8-14-22)25(19-27(31)32-2)28(35-26)24-17-11-6-12-18-24/h3-18,25-26,28-30H,1,19-21H2,2H3/t25?,26-,28?,29+,30+/m0/s1. The van der Waals surface area contributed by atoms with Gasteiger partial charge in [-0.05, 0) is 16.7 Å². The summed E-state index contributed by atoms with van der Waals surface area (Å²) < 4.78 is 24.6. The van der Waals surface area contributed by atoms with Crippen molar-refractivity contribution in [2.24, 2.45) is 5.92 Å². The summed E-state index contributed by atoms with van der Waals surface area (Å²) in [5.74, 6) is -0.628. The highest BCUT2D eigenvalue weighted by Crippen LogP contribution is 2.42. The fourth-order valence-electron chi connectivity index (χ4n) is 4.55. The van der Waals surface area contributed by atoms with E-state index < -0.39 is 18.3 Å². The number of ether oxygens (including phenoxy) is 4. The van der Waals surface area contributed by atoms with Gasteiger partial charge < -0.3 is 18.9 Å². The average molecular weight is 473 g/mol. The molecule has 1 heterocycles. The number of esters is 1. The third-order valence-corrected chi connectivity index (χ3v) is 6.32. The minimum atomic E-state index is -0.453. The third kappa shape index (κ3) is 6.45. The highest BCUT2D eigenvalue weighted by molar-refractivity contribution is 5.69. The van der Waals surface area contributed by atoms with Gasteiger partial charge in [-0.1, -0.05) is 97.1 Å². The van der Waals surface area contributed by atoms with E-state index in [1.165, 1.54) is 7.11 Å². The lowest BCUT2D eigenvalue weighted by atomic mass is 9.81. The summed E-state index contributed by atoms with van der Waals surface area (Å²) in [7, 11) is 1.40. The summed E-state index contributed by atoms with van der Waals surface area (Å²) in [5.41, 5.74) is 3.07. The van der Waals surface area contributed by atoms with Crippen LogP contribution in [0.2, 0.25) is 0 Å². The van der Waals surface area contributed by atoms with Crippen molar-refractivity contribution in [3.8, 4) is 0 Å². The Kier molecular flexibility index (Phi) is 8.85. The molecule has 35 heavy (non-hydrogen) atoms. The van der Waals surface area contributed by atoms with Crippen LogP contribution >= 0.6 is 0 Å². The van der Waals surface area contributed by atoms with E-state index in [4.69, 9.17) is 18.9 Å². The summed E-state index contributed by atoms with van der Waals surface area (Å²) in [6.07, 6.45) is 0.226. The zero-order valence-electron chi connectivity index (χ0n) is 20.0. The van der Waals surface area contributed by atoms with E-state index >= 15 is 0 Å². The lowest BCUT2D eigenvalue weighted by Gasteiger charge is -2.46. The van der Waals surface area contributed by atoms with Crippen molar-refractivity contribution >= 4 is 5.97 Å². The molecule has 182 valence electrons. The number of rotatable bonds is 10. The molecule has 5 nitrogen and oxygen atoms in total. The maximum Gasteiger partial charge on any atom is 0.306 e. The molecule has 5 atom stereocenters. The number of hydrogen-bond donors (Lipinski definition) is 0. The van der Waals surface area contributed by atoms with Crippen LogP contribution in [-0.4, -0.2) is 31.4 Å². The van der Waals surface area contributed by atoms with Crippen molar-refractivity contribution in [2.75, 3.05) is 7.11 Å². The van der Waals surface area contributed by atoms with Gasteiger partial charge in [0.15, 0.2) is 0 Å². The monoisotopic (exact) mass is 472 g/mol. The van der Waals surface area contributed by atoms with E-state index in [2.05, 4.69) is 6.58 Å². The van der Waals surface area contributed by atoms with Gasteiger partial charge in [-0.25, -0.2) is 0 Å². The van der Waals surface area contributed by atoms with Crippen LogP contribution < -0.4 is 0 Å². The van der Waals surface area contributed by atoms with Gasteiger partial charge in [-0.3, -0.25) is 4.79 Å². The van der Waals surface area contributed by atoms with E-state index in [1.54, 1.807) is 6.08 Å². The molecule has 5 heteroatoms. The van der Waals surface area contributed by atoms with Gasteiger partial charge in [0, 0.05) is 5.92 Å². The summed E-state index contributed by atoms with van der Waals surface area (Å²) in [6, 6.07) is 29.9. The van der Waals surface area contributed by atoms with Gasteiger partial charge in [-0.15, -0.1) is 6.58 Å². The van der Waals surface area contributed by atoms with Crippen molar-refractivity contribution in [2.45, 2.75) is 44.1 Å². The van der Waals surface area contributed by atoms with E-state index in [0.717, 1.165) is 16.7 Å². The molecule has 0 bridgehead atoms. The molecule has 0 radical (unpaired) electrons. The first-order chi connectivity index (χ1) is 17.2. The molecule has 2 unspecified atom stereocenters. The molecule has 0 N–H and O–H groups in total. The fourth-order valence-corrected chi connectivity index (χ4v) is 4.55. The van der Waals surface area contributed by atoms with Crippen LogP contribution in [0.5, 0.6) is 0 Å². The lowest BCUT2D eigenvalue weighted by Crippen LogP contribution is -2.53. The van der Waals surface area contributed by atoms with Crippen molar-refractivity contribution in [1.29, 1.82) is 0 Å². The average Bonchev–Trinajstić information content (AvgIpc) is 2.92. The Bertz CT molecular complexity index is 1050. The van der Waals surface area contributed by atoms with Gasteiger partial charge in [0.1, 0.15) is 12.2 Å². The van der Waals surface area contributed by atoms with Crippen LogP contribution in [0.25, 0.3) is 0 Å². The molecule has 0 saturated carbocycles. The number of hydrogen-bond acceptors (Lipinski definition) is 5. The lowest BCUT2D eigenvalue weighted by molar-refractivity contribution is -0.227. The molecular formula is C30H32O5. The van der Waals surface area contributed by atoms with E-state index in [1.807, 2.05) is 91.0 Å². The first kappa shape index (κ1) is 24.9. The van der Waals surface area contributed by atoms with Crippen molar-refractivity contribution in [1.82, 2.24) is 0 Å². The Labute approximate surface area is 207 Å². The minimum absolute atomic E-state index is 0.143. The third-order valence-electron chi connectivity index (χ3n) is 6.32. The predicted molar refractivity (Wildman–Crippen MR) is 134 cm³/mol. The van der Waals surface area contributed by atoms with Crippen LogP contribution in [0.15, 0.2) is 104 Å². The van der Waals surface area contributed by atoms with Gasteiger partial charge in [0.25, 0.3) is 0 Å². The predicted octanol–water partition coefficient (Wildman–Crippen LogP) is 5.66. The Morgan fingerprint density at radius 1 is 0.829 bits per heavy atom. The summed E-state index contributed by atoms with van der Waals surface area (Å²) in [5, 5.41) is 0. The summed E-state index contributed by atoms with van der Waals surface area (Å²) in [6.45, 7) is 4.80. The summed E-state index contributed by atoms with van der Waals surface area (Å²) >= 11 is 0. The van der Waals surface area contributed by atoms with Crippen LogP contribution in [0, 0.1) is 5.92 Å². The number of carbonyl (C=O) groups excluding carboxylic acids is 1. The first-order valence-electron chi connectivity index (χ1n) is 11.9. The molecule has 4 rings (SSSR count). The molecule has 3 aromatic rings. The molecule has 1 aliphatic rings. The second-order valence-electron chi connectivity index (χ2n) is 8.63. The number of methoxy groups -OCH3 is 1. The first-order valence-corrected chi connectivity index (χ1v) is 11.9. The van der Waals surface area contributed by atoms with Gasteiger partial charge in [0.05, 0.1) is 39.0 Å². The Morgan fingerprint density at radius 3 is 1.86 bits per heavy atom. The summed E-state index contributed by atoms with van der Waals surface area (Å²) in [4.78, 5) is 12.5. The molecule has 1 aliphatic heterocycles. The normalized spacial score (nSPS) is 24.0. The smallest absolute Gasteiger partial charge is 0.306 e. The largest absolute Gasteiger partial charge is 0.469 e. The second kappa shape index (κ2) is 12.5. The molecule has 3 aromatic carbocycles. The van der Waals surface area contributed by atoms with Crippen LogP contribution in [-0.2, 0) is 37.0 Å². The Morgan fingerprint density at radius 2 is 1.34 bits per heavy atom. The number of benzene rings is 3. The second-order valence-corrected chi connectivity index (χ2v) is 8.63. The molecule has 1 fully saturated rings. The zero-order chi connectivity index (χ0) is 24.5. The van der Waals surface area contributed by atoms with Crippen molar-refractivity contribution in [3.05, 3.63) is 120 Å². The van der Waals surface area contributed by atoms with E-state index in [0.29, 0.717) is 13.2 Å². The van der Waals surface area contributed by atoms with Crippen molar-refractivity contribution in [3.63, 3.8) is 0 Å². The topological polar surface area (TPSA) is 54.0 Å². The quantitative estimate of drug-likeness (QED) is 0.281. The molecule has 0 aromatic heterocycles. The highest BCUT2D eigenvalue weighted by Gasteiger charge is 2.47. The van der Waals surface area contributed by atoms with Gasteiger partial charge in [0.2, 0.25) is 0 Å². The van der Waals surface area contributed by atoms with Gasteiger partial charge >= 0.3 is 5.97 Å². The maximum absolute atomic E-state index is 12.5. The highest BCUT2D eigenvalue weighted by atomic mass is 16.6. The van der Waals surface area contributed by atoms with Crippen LogP contribution in [0.4, 0.5) is 0 Å². The molecule has 0 amide bonds. The molecule has 0 spiro atoms. The molecule has 0 aliphatic carbocycles. The minimum Gasteiger partial charge on any atom is -0.469 e.